The van der Waals surface area contributed by atoms with Gasteiger partial charge in [-0.2, -0.15) is 9.97 Å². The number of nitrogens with one attached hydrogen (secondary N) is 1. The monoisotopic (exact) mass is 690 g/mol. The van der Waals surface area contributed by atoms with Gasteiger partial charge in [-0.25, -0.2) is 8.78 Å². The van der Waals surface area contributed by atoms with E-state index in [-0.39, 0.29) is 35.1 Å². The van der Waals surface area contributed by atoms with Crippen molar-refractivity contribution in [2.24, 2.45) is 5.92 Å². The summed E-state index contributed by atoms with van der Waals surface area (Å²) in [6.45, 7) is 2.23. The topological polar surface area (TPSA) is 86.6 Å². The minimum absolute atomic E-state index is 0.0225. The summed E-state index contributed by atoms with van der Waals surface area (Å²) in [5.41, 5.74) is 0.300. The zero-order chi connectivity index (χ0) is 31.2. The normalized spacial score (nSPS) is 30.7. The molecule has 6 atom stereocenters. The van der Waals surface area contributed by atoms with Crippen molar-refractivity contribution in [1.29, 1.82) is 0 Å². The molecular weight excluding hydrogens is 654 g/mol. The first kappa shape index (κ1) is 29.0. The highest BCUT2D eigenvalue weighted by atomic mass is 79.9. The number of phenols is 1. The predicted octanol–water partition coefficient (Wildman–Crippen LogP) is 6.52. The van der Waals surface area contributed by atoms with E-state index in [1.54, 1.807) is 18.3 Å². The second-order valence-corrected chi connectivity index (χ2v) is 15.0. The standard InChI is InChI=1S/C35H37BrF2N6O2/c36-27-6-3-5-19-10-24(45)11-25(29(19)27)31-30(38)32-26(14-39-31)33(43-16-22-8-9-23(17-43)40-22)42-34(41-32)46-18-35-12-20-4-1-2-7-28(20)44(35)15-21(37)13-35/h3,5-6,10-11,14,20-23,28,40,45H,1-2,4,7-9,12-13,15-18H2. The number of piperazine rings is 1. The first-order valence-corrected chi connectivity index (χ1v) is 17.5. The van der Waals surface area contributed by atoms with E-state index < -0.39 is 12.0 Å². The average Bonchev–Trinajstić information content (AvgIpc) is 3.66. The highest BCUT2D eigenvalue weighted by molar-refractivity contribution is 9.10. The van der Waals surface area contributed by atoms with Crippen LogP contribution in [-0.2, 0) is 0 Å². The quantitative estimate of drug-likeness (QED) is 0.245. The maximum Gasteiger partial charge on any atom is 0.319 e. The van der Waals surface area contributed by atoms with Gasteiger partial charge in [0.2, 0.25) is 0 Å². The number of aromatic nitrogens is 3. The molecule has 46 heavy (non-hydrogen) atoms. The number of hydrogen-bond donors (Lipinski definition) is 2. The fourth-order valence-corrected chi connectivity index (χ4v) is 10.0. The minimum atomic E-state index is -0.876. The minimum Gasteiger partial charge on any atom is -0.508 e. The van der Waals surface area contributed by atoms with E-state index in [4.69, 9.17) is 14.7 Å². The van der Waals surface area contributed by atoms with Crippen molar-refractivity contribution in [1.82, 2.24) is 25.2 Å². The molecule has 2 bridgehead atoms. The summed E-state index contributed by atoms with van der Waals surface area (Å²) in [6, 6.07) is 10.0. The molecule has 0 radical (unpaired) electrons. The van der Waals surface area contributed by atoms with Gasteiger partial charge in [0.15, 0.2) is 5.82 Å². The molecular formula is C35H37BrF2N6O2. The molecule has 4 aliphatic heterocycles. The van der Waals surface area contributed by atoms with Crippen molar-refractivity contribution in [3.8, 4) is 23.0 Å². The Morgan fingerprint density at radius 3 is 2.72 bits per heavy atom. The van der Waals surface area contributed by atoms with E-state index in [0.717, 1.165) is 54.0 Å². The van der Waals surface area contributed by atoms with E-state index >= 15 is 4.39 Å². The lowest BCUT2D eigenvalue weighted by molar-refractivity contribution is 0.0775. The number of nitrogens with zero attached hydrogens (tertiary/aromatic N) is 5. The Morgan fingerprint density at radius 2 is 1.87 bits per heavy atom. The third-order valence-corrected chi connectivity index (χ3v) is 12.0. The molecule has 0 amide bonds. The number of alkyl halides is 1. The maximum absolute atomic E-state index is 16.9. The molecule has 1 saturated carbocycles. The van der Waals surface area contributed by atoms with Crippen LogP contribution in [0.2, 0.25) is 0 Å². The van der Waals surface area contributed by atoms with E-state index in [1.165, 1.54) is 19.3 Å². The number of pyridine rings is 1. The van der Waals surface area contributed by atoms with Crippen LogP contribution >= 0.6 is 15.9 Å². The number of fused-ring (bicyclic) bond motifs is 7. The summed E-state index contributed by atoms with van der Waals surface area (Å²) in [6.07, 6.45) is 9.04. The number of rotatable bonds is 5. The summed E-state index contributed by atoms with van der Waals surface area (Å²) >= 11 is 3.62. The van der Waals surface area contributed by atoms with E-state index in [1.807, 2.05) is 18.2 Å². The van der Waals surface area contributed by atoms with Crippen molar-refractivity contribution < 1.29 is 18.6 Å². The highest BCUT2D eigenvalue weighted by Gasteiger charge is 2.57. The first-order chi connectivity index (χ1) is 22.3. The third kappa shape index (κ3) is 4.67. The lowest BCUT2D eigenvalue weighted by Crippen LogP contribution is -2.51. The Morgan fingerprint density at radius 1 is 1.04 bits per heavy atom. The van der Waals surface area contributed by atoms with Crippen LogP contribution in [0.5, 0.6) is 11.8 Å². The highest BCUT2D eigenvalue weighted by Crippen LogP contribution is 2.51. The Bertz CT molecular complexity index is 1850. The zero-order valence-corrected chi connectivity index (χ0v) is 27.1. The molecule has 2 N–H and O–H groups in total. The van der Waals surface area contributed by atoms with E-state index in [0.29, 0.717) is 53.8 Å². The van der Waals surface area contributed by atoms with Gasteiger partial charge in [-0.3, -0.25) is 9.88 Å². The summed E-state index contributed by atoms with van der Waals surface area (Å²) in [7, 11) is 0. The second kappa shape index (κ2) is 11.0. The molecule has 240 valence electrons. The zero-order valence-electron chi connectivity index (χ0n) is 25.6. The molecule has 5 fully saturated rings. The van der Waals surface area contributed by atoms with Crippen LogP contribution in [-0.4, -0.2) is 81.0 Å². The number of phenolic OH excluding ortho intramolecular Hbond substituents is 1. The molecule has 6 unspecified atom stereocenters. The van der Waals surface area contributed by atoms with Gasteiger partial charge in [-0.15, -0.1) is 0 Å². The number of anilines is 1. The van der Waals surface area contributed by atoms with Gasteiger partial charge in [0, 0.05) is 65.8 Å². The van der Waals surface area contributed by atoms with Crippen molar-refractivity contribution in [2.45, 2.75) is 81.2 Å². The second-order valence-electron chi connectivity index (χ2n) is 14.2. The first-order valence-electron chi connectivity index (χ1n) is 16.7. The van der Waals surface area contributed by atoms with Gasteiger partial charge in [0.1, 0.15) is 35.6 Å². The van der Waals surface area contributed by atoms with Crippen LogP contribution in [0.25, 0.3) is 32.9 Å². The van der Waals surface area contributed by atoms with Crippen LogP contribution in [0.4, 0.5) is 14.6 Å². The third-order valence-electron chi connectivity index (χ3n) is 11.3. The smallest absolute Gasteiger partial charge is 0.319 e. The van der Waals surface area contributed by atoms with Crippen LogP contribution in [0.1, 0.15) is 51.4 Å². The summed E-state index contributed by atoms with van der Waals surface area (Å²) in [5.74, 6) is 0.608. The van der Waals surface area contributed by atoms with Gasteiger partial charge in [-0.1, -0.05) is 40.9 Å². The van der Waals surface area contributed by atoms with Gasteiger partial charge < -0.3 is 20.1 Å². The number of hydrogen-bond acceptors (Lipinski definition) is 8. The summed E-state index contributed by atoms with van der Waals surface area (Å²) < 4.78 is 39.1. The summed E-state index contributed by atoms with van der Waals surface area (Å²) in [5, 5.41) is 16.3. The lowest BCUT2D eigenvalue weighted by Gasteiger charge is -2.36. The molecule has 9 rings (SSSR count). The molecule has 0 spiro atoms. The number of benzene rings is 2. The van der Waals surface area contributed by atoms with Crippen molar-refractivity contribution in [2.75, 3.05) is 31.1 Å². The lowest BCUT2D eigenvalue weighted by atomic mass is 9.81. The van der Waals surface area contributed by atoms with Gasteiger partial charge >= 0.3 is 6.01 Å². The molecule has 8 nitrogen and oxygen atoms in total. The molecule has 5 aliphatic rings. The Kier molecular flexibility index (Phi) is 6.91. The number of aromatic hydroxyl groups is 1. The predicted molar refractivity (Wildman–Crippen MR) is 177 cm³/mol. The maximum atomic E-state index is 16.9. The van der Waals surface area contributed by atoms with Crippen LogP contribution in [0.15, 0.2) is 41.0 Å². The molecule has 2 aromatic carbocycles. The Hall–Kier alpha value is -3.15. The average molecular weight is 692 g/mol. The fraction of sp³-hybridized carbons (Fsp3) is 0.514. The van der Waals surface area contributed by atoms with Crippen LogP contribution < -0.4 is 15.0 Å². The molecule has 1 aliphatic carbocycles. The summed E-state index contributed by atoms with van der Waals surface area (Å²) in [4.78, 5) is 18.8. The Labute approximate surface area is 274 Å². The van der Waals surface area contributed by atoms with Gasteiger partial charge in [0.05, 0.1) is 10.9 Å². The van der Waals surface area contributed by atoms with Crippen LogP contribution in [0.3, 0.4) is 0 Å². The SMILES string of the molecule is Oc1cc(-c2ncc3c(N4CC5CCC(C4)N5)nc(OCC45CC(F)CN4C4CCCCC4C5)nc3c2F)c2c(Br)cccc2c1. The molecule has 4 aromatic rings. The van der Waals surface area contributed by atoms with Crippen LogP contribution in [0, 0.1) is 11.7 Å². The molecule has 4 saturated heterocycles. The van der Waals surface area contributed by atoms with E-state index in [9.17, 15) is 9.50 Å². The van der Waals surface area contributed by atoms with Gasteiger partial charge in [0.25, 0.3) is 0 Å². The fourth-order valence-electron chi connectivity index (χ4n) is 9.45. The Balaban J connectivity index is 1.15. The molecule has 11 heteroatoms. The van der Waals surface area contributed by atoms with Gasteiger partial charge in [-0.05, 0) is 61.6 Å². The van der Waals surface area contributed by atoms with Crippen molar-refractivity contribution in [3.63, 3.8) is 0 Å². The number of ether oxygens (including phenoxy) is 1. The van der Waals surface area contributed by atoms with Crippen molar-refractivity contribution in [3.05, 3.63) is 46.8 Å². The molecule has 2 aromatic heterocycles. The molecule has 6 heterocycles. The van der Waals surface area contributed by atoms with E-state index in [2.05, 4.69) is 36.0 Å². The van der Waals surface area contributed by atoms with Crippen molar-refractivity contribution >= 4 is 43.4 Å². The number of halogens is 3. The largest absolute Gasteiger partial charge is 0.508 e.